The first-order valence-corrected chi connectivity index (χ1v) is 5.84. The van der Waals surface area contributed by atoms with Crippen LogP contribution in [-0.4, -0.2) is 16.1 Å². The van der Waals surface area contributed by atoms with E-state index in [1.165, 1.54) is 23.5 Å². The predicted molar refractivity (Wildman–Crippen MR) is 64.2 cm³/mol. The van der Waals surface area contributed by atoms with Crippen molar-refractivity contribution >= 4 is 28.9 Å². The van der Waals surface area contributed by atoms with Crippen molar-refractivity contribution in [2.24, 2.45) is 0 Å². The highest BCUT2D eigenvalue weighted by atomic mass is 35.5. The molecule has 0 bridgehead atoms. The number of thiazole rings is 1. The van der Waals surface area contributed by atoms with Crippen molar-refractivity contribution in [3.05, 3.63) is 39.6 Å². The lowest BCUT2D eigenvalue weighted by Crippen LogP contribution is -1.98. The number of hydrogen-bond donors (Lipinski definition) is 1. The molecule has 0 unspecified atom stereocenters. The summed E-state index contributed by atoms with van der Waals surface area (Å²) in [5.41, 5.74) is 0.521. The smallest absolute Gasteiger partial charge is 0.355 e. The first kappa shape index (κ1) is 12.0. The number of halogens is 2. The molecular weight excluding hydrogens is 265 g/mol. The van der Waals surface area contributed by atoms with E-state index in [4.69, 9.17) is 16.7 Å². The second-order valence-electron chi connectivity index (χ2n) is 3.36. The molecule has 1 N–H and O–H groups in total. The van der Waals surface area contributed by atoms with Gasteiger partial charge in [0.25, 0.3) is 0 Å². The molecule has 0 spiro atoms. The summed E-state index contributed by atoms with van der Waals surface area (Å²) in [7, 11) is 0. The minimum atomic E-state index is -1.08. The van der Waals surface area contributed by atoms with Gasteiger partial charge < -0.3 is 5.11 Å². The van der Waals surface area contributed by atoms with Gasteiger partial charge in [0.1, 0.15) is 10.8 Å². The number of aromatic nitrogens is 1. The number of rotatable bonds is 2. The molecule has 1 aromatic carbocycles. The number of hydrogen-bond acceptors (Lipinski definition) is 3. The van der Waals surface area contributed by atoms with Gasteiger partial charge in [-0.3, -0.25) is 0 Å². The fourth-order valence-corrected chi connectivity index (χ4v) is 2.37. The van der Waals surface area contributed by atoms with Crippen LogP contribution in [0.5, 0.6) is 0 Å². The summed E-state index contributed by atoms with van der Waals surface area (Å²) in [6.07, 6.45) is 0. The van der Waals surface area contributed by atoms with E-state index < -0.39 is 11.8 Å². The summed E-state index contributed by atoms with van der Waals surface area (Å²) in [5, 5.41) is 9.37. The van der Waals surface area contributed by atoms with Crippen LogP contribution in [0.15, 0.2) is 18.2 Å². The number of nitrogens with zero attached hydrogens (tertiary/aromatic N) is 1. The number of carboxylic acids is 1. The fourth-order valence-electron chi connectivity index (χ4n) is 1.35. The lowest BCUT2D eigenvalue weighted by atomic mass is 10.2. The van der Waals surface area contributed by atoms with E-state index >= 15 is 0 Å². The van der Waals surface area contributed by atoms with Gasteiger partial charge in [0.15, 0.2) is 5.69 Å². The van der Waals surface area contributed by atoms with Crippen LogP contribution >= 0.6 is 22.9 Å². The van der Waals surface area contributed by atoms with E-state index in [1.807, 2.05) is 0 Å². The van der Waals surface area contributed by atoms with Crippen molar-refractivity contribution in [3.8, 4) is 10.6 Å². The molecule has 17 heavy (non-hydrogen) atoms. The highest BCUT2D eigenvalue weighted by Gasteiger charge is 2.15. The Hall–Kier alpha value is -1.46. The second kappa shape index (κ2) is 4.43. The van der Waals surface area contributed by atoms with Crippen LogP contribution in [0.2, 0.25) is 5.02 Å². The molecule has 3 nitrogen and oxygen atoms in total. The Morgan fingerprint density at radius 2 is 2.24 bits per heavy atom. The highest BCUT2D eigenvalue weighted by Crippen LogP contribution is 2.29. The number of carbonyl (C=O) groups is 1. The van der Waals surface area contributed by atoms with Crippen LogP contribution in [0.1, 0.15) is 15.4 Å². The Kier molecular flexibility index (Phi) is 3.13. The molecule has 1 heterocycles. The maximum absolute atomic E-state index is 13.3. The minimum Gasteiger partial charge on any atom is -0.476 e. The maximum Gasteiger partial charge on any atom is 0.355 e. The lowest BCUT2D eigenvalue weighted by molar-refractivity contribution is 0.0690. The summed E-state index contributed by atoms with van der Waals surface area (Å²) in [5.74, 6) is -1.63. The average molecular weight is 272 g/mol. The van der Waals surface area contributed by atoms with Crippen LogP contribution in [0.3, 0.4) is 0 Å². The summed E-state index contributed by atoms with van der Waals surface area (Å²) >= 11 is 6.78. The molecule has 0 aliphatic heterocycles. The van der Waals surface area contributed by atoms with Gasteiger partial charge in [0.05, 0.1) is 5.02 Å². The van der Waals surface area contributed by atoms with Crippen molar-refractivity contribution < 1.29 is 14.3 Å². The normalized spacial score (nSPS) is 10.5. The maximum atomic E-state index is 13.3. The standard InChI is InChI=1S/C11H7ClFNO2S/c1-5-9(11(15)16)14-10(17-5)6-2-3-7(12)8(13)4-6/h2-4H,1H3,(H,15,16). The largest absolute Gasteiger partial charge is 0.476 e. The zero-order valence-corrected chi connectivity index (χ0v) is 10.3. The summed E-state index contributed by atoms with van der Waals surface area (Å²) in [6, 6.07) is 4.27. The molecule has 0 radical (unpaired) electrons. The zero-order chi connectivity index (χ0) is 12.6. The third-order valence-corrected chi connectivity index (χ3v) is 3.49. The third kappa shape index (κ3) is 2.30. The van der Waals surface area contributed by atoms with Crippen LogP contribution in [-0.2, 0) is 0 Å². The number of carboxylic acid groups (broad SMARTS) is 1. The van der Waals surface area contributed by atoms with Gasteiger partial charge in [-0.15, -0.1) is 11.3 Å². The molecule has 0 aliphatic carbocycles. The van der Waals surface area contributed by atoms with E-state index in [1.54, 1.807) is 13.0 Å². The Morgan fingerprint density at radius 1 is 1.53 bits per heavy atom. The van der Waals surface area contributed by atoms with E-state index in [0.29, 0.717) is 15.4 Å². The molecule has 0 amide bonds. The molecule has 2 rings (SSSR count). The van der Waals surface area contributed by atoms with Crippen molar-refractivity contribution in [1.29, 1.82) is 0 Å². The van der Waals surface area contributed by atoms with E-state index in [2.05, 4.69) is 4.98 Å². The van der Waals surface area contributed by atoms with Gasteiger partial charge in [-0.05, 0) is 19.1 Å². The monoisotopic (exact) mass is 271 g/mol. The topological polar surface area (TPSA) is 50.2 Å². The van der Waals surface area contributed by atoms with Crippen molar-refractivity contribution in [2.45, 2.75) is 6.92 Å². The number of aryl methyl sites for hydroxylation is 1. The molecule has 0 atom stereocenters. The van der Waals surface area contributed by atoms with Crippen molar-refractivity contribution in [2.75, 3.05) is 0 Å². The Bertz CT molecular complexity index is 597. The van der Waals surface area contributed by atoms with Gasteiger partial charge in [-0.1, -0.05) is 17.7 Å². The van der Waals surface area contributed by atoms with Crippen molar-refractivity contribution in [3.63, 3.8) is 0 Å². The van der Waals surface area contributed by atoms with E-state index in [9.17, 15) is 9.18 Å². The highest BCUT2D eigenvalue weighted by molar-refractivity contribution is 7.15. The molecule has 88 valence electrons. The quantitative estimate of drug-likeness (QED) is 0.908. The first-order valence-electron chi connectivity index (χ1n) is 4.65. The predicted octanol–water partition coefficient (Wildman–Crippen LogP) is 3.61. The van der Waals surface area contributed by atoms with Gasteiger partial charge in [0.2, 0.25) is 0 Å². The molecule has 0 fully saturated rings. The Balaban J connectivity index is 2.50. The Morgan fingerprint density at radius 3 is 2.76 bits per heavy atom. The molecule has 0 saturated heterocycles. The Labute approximate surface area is 106 Å². The van der Waals surface area contributed by atoms with Gasteiger partial charge in [-0.25, -0.2) is 14.2 Å². The molecule has 6 heteroatoms. The summed E-state index contributed by atoms with van der Waals surface area (Å²) < 4.78 is 13.3. The van der Waals surface area contributed by atoms with Crippen molar-refractivity contribution in [1.82, 2.24) is 4.98 Å². The van der Waals surface area contributed by atoms with Crippen LogP contribution in [0.4, 0.5) is 4.39 Å². The third-order valence-electron chi connectivity index (χ3n) is 2.17. The molecule has 1 aromatic heterocycles. The molecule has 0 aliphatic rings. The first-order chi connectivity index (χ1) is 7.99. The molecule has 2 aromatic rings. The summed E-state index contributed by atoms with van der Waals surface area (Å²) in [4.78, 5) is 15.4. The lowest BCUT2D eigenvalue weighted by Gasteiger charge is -1.97. The molecule has 0 saturated carbocycles. The van der Waals surface area contributed by atoms with Gasteiger partial charge in [0, 0.05) is 10.4 Å². The minimum absolute atomic E-state index is 0.000332. The SMILES string of the molecule is Cc1sc(-c2ccc(Cl)c(F)c2)nc1C(=O)O. The average Bonchev–Trinajstić information content (AvgIpc) is 2.64. The van der Waals surface area contributed by atoms with Crippen LogP contribution < -0.4 is 0 Å². The fraction of sp³-hybridized carbons (Fsp3) is 0.0909. The second-order valence-corrected chi connectivity index (χ2v) is 4.97. The van der Waals surface area contributed by atoms with E-state index in [-0.39, 0.29) is 10.7 Å². The van der Waals surface area contributed by atoms with E-state index in [0.717, 1.165) is 0 Å². The zero-order valence-electron chi connectivity index (χ0n) is 8.70. The van der Waals surface area contributed by atoms with Gasteiger partial charge >= 0.3 is 5.97 Å². The van der Waals surface area contributed by atoms with Crippen LogP contribution in [0, 0.1) is 12.7 Å². The number of aromatic carboxylic acids is 1. The summed E-state index contributed by atoms with van der Waals surface area (Å²) in [6.45, 7) is 1.66. The number of benzene rings is 1. The van der Waals surface area contributed by atoms with Crippen LogP contribution in [0.25, 0.3) is 10.6 Å². The molecular formula is C11H7ClFNO2S. The van der Waals surface area contributed by atoms with Gasteiger partial charge in [-0.2, -0.15) is 0 Å².